The standard InChI is InChI=1S/C15H16FN3O/c1-3-17-14-9-11(8-10(2)18-14)15(20)19-13-6-4-12(16)5-7-13/h4-9H,3H2,1-2H3,(H,17,18)(H,19,20). The first-order chi connectivity index (χ1) is 9.58. The molecule has 1 heterocycles. The average Bonchev–Trinajstić information content (AvgIpc) is 2.41. The molecule has 1 aromatic carbocycles. The van der Waals surface area contributed by atoms with Gasteiger partial charge in [-0.05, 0) is 50.2 Å². The van der Waals surface area contributed by atoms with E-state index in [4.69, 9.17) is 0 Å². The number of aryl methyl sites for hydroxylation is 1. The molecule has 0 radical (unpaired) electrons. The van der Waals surface area contributed by atoms with Gasteiger partial charge in [-0.3, -0.25) is 4.79 Å². The van der Waals surface area contributed by atoms with E-state index in [0.717, 1.165) is 12.2 Å². The van der Waals surface area contributed by atoms with Crippen LogP contribution in [0.25, 0.3) is 0 Å². The normalized spacial score (nSPS) is 10.2. The van der Waals surface area contributed by atoms with Gasteiger partial charge in [0, 0.05) is 23.5 Å². The molecule has 0 unspecified atom stereocenters. The Morgan fingerprint density at radius 1 is 1.25 bits per heavy atom. The van der Waals surface area contributed by atoms with Crippen LogP contribution in [0.15, 0.2) is 36.4 Å². The van der Waals surface area contributed by atoms with Gasteiger partial charge in [0.1, 0.15) is 11.6 Å². The van der Waals surface area contributed by atoms with E-state index in [2.05, 4.69) is 15.6 Å². The first-order valence-electron chi connectivity index (χ1n) is 6.38. The first kappa shape index (κ1) is 14.0. The summed E-state index contributed by atoms with van der Waals surface area (Å²) in [5, 5.41) is 5.80. The lowest BCUT2D eigenvalue weighted by atomic mass is 10.2. The third-order valence-electron chi connectivity index (χ3n) is 2.68. The van der Waals surface area contributed by atoms with Crippen molar-refractivity contribution in [3.63, 3.8) is 0 Å². The molecule has 5 heteroatoms. The van der Waals surface area contributed by atoms with E-state index in [9.17, 15) is 9.18 Å². The van der Waals surface area contributed by atoms with E-state index in [1.54, 1.807) is 12.1 Å². The van der Waals surface area contributed by atoms with Crippen molar-refractivity contribution < 1.29 is 9.18 Å². The van der Waals surface area contributed by atoms with Crippen LogP contribution in [0.4, 0.5) is 15.9 Å². The topological polar surface area (TPSA) is 54.0 Å². The molecule has 0 atom stereocenters. The maximum absolute atomic E-state index is 12.8. The largest absolute Gasteiger partial charge is 0.370 e. The molecule has 0 fully saturated rings. The Kier molecular flexibility index (Phi) is 4.30. The summed E-state index contributed by atoms with van der Waals surface area (Å²) in [6, 6.07) is 9.04. The Balaban J connectivity index is 2.18. The minimum atomic E-state index is -0.336. The highest BCUT2D eigenvalue weighted by molar-refractivity contribution is 6.04. The van der Waals surface area contributed by atoms with Gasteiger partial charge in [-0.15, -0.1) is 0 Å². The molecule has 0 bridgehead atoms. The third-order valence-corrected chi connectivity index (χ3v) is 2.68. The van der Waals surface area contributed by atoms with Crippen LogP contribution in [0.3, 0.4) is 0 Å². The van der Waals surface area contributed by atoms with Crippen LogP contribution >= 0.6 is 0 Å². The van der Waals surface area contributed by atoms with Gasteiger partial charge < -0.3 is 10.6 Å². The van der Waals surface area contributed by atoms with Gasteiger partial charge in [0.25, 0.3) is 5.91 Å². The van der Waals surface area contributed by atoms with Crippen molar-refractivity contribution in [2.75, 3.05) is 17.2 Å². The SMILES string of the molecule is CCNc1cc(C(=O)Nc2ccc(F)cc2)cc(C)n1. The molecule has 4 nitrogen and oxygen atoms in total. The lowest BCUT2D eigenvalue weighted by molar-refractivity contribution is 0.102. The number of carbonyl (C=O) groups is 1. The number of carbonyl (C=O) groups excluding carboxylic acids is 1. The Hall–Kier alpha value is -2.43. The fraction of sp³-hybridized carbons (Fsp3) is 0.200. The summed E-state index contributed by atoms with van der Waals surface area (Å²) < 4.78 is 12.8. The summed E-state index contributed by atoms with van der Waals surface area (Å²) in [5.41, 5.74) is 1.82. The zero-order valence-corrected chi connectivity index (χ0v) is 11.4. The Morgan fingerprint density at radius 3 is 2.60 bits per heavy atom. The number of halogens is 1. The minimum Gasteiger partial charge on any atom is -0.370 e. The van der Waals surface area contributed by atoms with Gasteiger partial charge in [-0.1, -0.05) is 0 Å². The molecule has 2 aromatic rings. The van der Waals surface area contributed by atoms with E-state index in [-0.39, 0.29) is 11.7 Å². The molecule has 20 heavy (non-hydrogen) atoms. The van der Waals surface area contributed by atoms with Gasteiger partial charge in [-0.25, -0.2) is 9.37 Å². The number of hydrogen-bond acceptors (Lipinski definition) is 3. The van der Waals surface area contributed by atoms with Gasteiger partial charge in [0.15, 0.2) is 0 Å². The van der Waals surface area contributed by atoms with Gasteiger partial charge in [0.05, 0.1) is 0 Å². The van der Waals surface area contributed by atoms with Crippen molar-refractivity contribution in [1.29, 1.82) is 0 Å². The summed E-state index contributed by atoms with van der Waals surface area (Å²) in [4.78, 5) is 16.4. The number of nitrogens with zero attached hydrogens (tertiary/aromatic N) is 1. The summed E-state index contributed by atoms with van der Waals surface area (Å²) in [5.74, 6) is 0.0789. The van der Waals surface area contributed by atoms with E-state index in [0.29, 0.717) is 17.1 Å². The van der Waals surface area contributed by atoms with Crippen LogP contribution < -0.4 is 10.6 Å². The van der Waals surface area contributed by atoms with Crippen LogP contribution in [0, 0.1) is 12.7 Å². The Morgan fingerprint density at radius 2 is 1.95 bits per heavy atom. The molecule has 0 spiro atoms. The smallest absolute Gasteiger partial charge is 0.255 e. The number of aromatic nitrogens is 1. The maximum Gasteiger partial charge on any atom is 0.255 e. The van der Waals surface area contributed by atoms with Crippen molar-refractivity contribution in [2.45, 2.75) is 13.8 Å². The molecule has 0 aliphatic heterocycles. The van der Waals surface area contributed by atoms with Crippen molar-refractivity contribution >= 4 is 17.4 Å². The molecule has 2 N–H and O–H groups in total. The van der Waals surface area contributed by atoms with E-state index in [1.807, 2.05) is 13.8 Å². The van der Waals surface area contributed by atoms with Crippen LogP contribution in [-0.4, -0.2) is 17.4 Å². The summed E-state index contributed by atoms with van der Waals surface area (Å²) >= 11 is 0. The lowest BCUT2D eigenvalue weighted by Gasteiger charge is -2.08. The second kappa shape index (κ2) is 6.14. The second-order valence-corrected chi connectivity index (χ2v) is 4.37. The minimum absolute atomic E-state index is 0.249. The second-order valence-electron chi connectivity index (χ2n) is 4.37. The quantitative estimate of drug-likeness (QED) is 0.899. The first-order valence-corrected chi connectivity index (χ1v) is 6.38. The average molecular weight is 273 g/mol. The zero-order valence-electron chi connectivity index (χ0n) is 11.4. The summed E-state index contributed by atoms with van der Waals surface area (Å²) in [6.07, 6.45) is 0. The van der Waals surface area contributed by atoms with Crippen molar-refractivity contribution in [3.05, 3.63) is 53.5 Å². The van der Waals surface area contributed by atoms with Crippen LogP contribution in [0.1, 0.15) is 23.0 Å². The highest BCUT2D eigenvalue weighted by Crippen LogP contribution is 2.14. The van der Waals surface area contributed by atoms with Crippen molar-refractivity contribution in [1.82, 2.24) is 4.98 Å². The number of pyridine rings is 1. The number of benzene rings is 1. The molecule has 0 aliphatic carbocycles. The van der Waals surface area contributed by atoms with Crippen LogP contribution in [0.2, 0.25) is 0 Å². The molecule has 0 saturated carbocycles. The molecule has 1 amide bonds. The Bertz CT molecular complexity index is 611. The predicted molar refractivity (Wildman–Crippen MR) is 77.5 cm³/mol. The van der Waals surface area contributed by atoms with E-state index < -0.39 is 0 Å². The van der Waals surface area contributed by atoms with Gasteiger partial charge in [0.2, 0.25) is 0 Å². The molecular weight excluding hydrogens is 257 g/mol. The number of amides is 1. The summed E-state index contributed by atoms with van der Waals surface area (Å²) in [7, 11) is 0. The molecular formula is C15H16FN3O. The zero-order chi connectivity index (χ0) is 14.5. The van der Waals surface area contributed by atoms with Gasteiger partial charge >= 0.3 is 0 Å². The summed E-state index contributed by atoms with van der Waals surface area (Å²) in [6.45, 7) is 4.52. The maximum atomic E-state index is 12.8. The monoisotopic (exact) mass is 273 g/mol. The highest BCUT2D eigenvalue weighted by Gasteiger charge is 2.09. The van der Waals surface area contributed by atoms with Gasteiger partial charge in [-0.2, -0.15) is 0 Å². The van der Waals surface area contributed by atoms with E-state index >= 15 is 0 Å². The highest BCUT2D eigenvalue weighted by atomic mass is 19.1. The lowest BCUT2D eigenvalue weighted by Crippen LogP contribution is -2.13. The van der Waals surface area contributed by atoms with Crippen molar-refractivity contribution in [2.24, 2.45) is 0 Å². The number of hydrogen-bond donors (Lipinski definition) is 2. The molecule has 0 saturated heterocycles. The fourth-order valence-electron chi connectivity index (χ4n) is 1.81. The molecule has 0 aliphatic rings. The predicted octanol–water partition coefficient (Wildman–Crippen LogP) is 3.21. The fourth-order valence-corrected chi connectivity index (χ4v) is 1.81. The molecule has 1 aromatic heterocycles. The Labute approximate surface area is 117 Å². The van der Waals surface area contributed by atoms with Crippen LogP contribution in [0.5, 0.6) is 0 Å². The van der Waals surface area contributed by atoms with E-state index in [1.165, 1.54) is 24.3 Å². The number of anilines is 2. The van der Waals surface area contributed by atoms with Crippen LogP contribution in [-0.2, 0) is 0 Å². The van der Waals surface area contributed by atoms with Crippen molar-refractivity contribution in [3.8, 4) is 0 Å². The molecule has 104 valence electrons. The molecule has 2 rings (SSSR count). The number of nitrogens with one attached hydrogen (secondary N) is 2. The third kappa shape index (κ3) is 3.54. The number of rotatable bonds is 4.